The number of aliphatic hydroxyl groups excluding tert-OH is 1. The van der Waals surface area contributed by atoms with Gasteiger partial charge in [-0.3, -0.25) is 5.10 Å². The smallest absolute Gasteiger partial charge is 0.225 e. The molecule has 8 nitrogen and oxygen atoms in total. The standard InChI is InChI=1S/C28H29N7OS/c1-17-23(16-29-35-17)19-7-12-24-25(14-19)37-28(32-24)34-26-15-21(13-18-5-3-2-4-6-18)31-27(33-26)30-20-8-10-22(36)11-9-20/h2-7,12,14-16,20,22,36H,8-11,13H2,1H3,(H,29,35)(H2,30,31,32,33,34). The Hall–Kier alpha value is -3.82. The molecule has 0 amide bonds. The van der Waals surface area contributed by atoms with E-state index in [2.05, 4.69) is 45.1 Å². The summed E-state index contributed by atoms with van der Waals surface area (Å²) in [6.07, 6.45) is 5.80. The first-order valence-corrected chi connectivity index (χ1v) is 13.4. The highest BCUT2D eigenvalue weighted by molar-refractivity contribution is 7.22. The molecule has 0 bridgehead atoms. The predicted molar refractivity (Wildman–Crippen MR) is 148 cm³/mol. The van der Waals surface area contributed by atoms with Crippen molar-refractivity contribution in [1.82, 2.24) is 25.1 Å². The number of aliphatic hydroxyl groups is 1. The molecule has 1 aliphatic rings. The molecule has 9 heteroatoms. The zero-order valence-corrected chi connectivity index (χ0v) is 21.4. The van der Waals surface area contributed by atoms with Gasteiger partial charge < -0.3 is 15.7 Å². The lowest BCUT2D eigenvalue weighted by Crippen LogP contribution is -2.29. The number of nitrogens with one attached hydrogen (secondary N) is 3. The van der Waals surface area contributed by atoms with E-state index >= 15 is 0 Å². The predicted octanol–water partition coefficient (Wildman–Crippen LogP) is 5.83. The van der Waals surface area contributed by atoms with Gasteiger partial charge in [-0.1, -0.05) is 47.7 Å². The van der Waals surface area contributed by atoms with Crippen LogP contribution in [0.15, 0.2) is 60.8 Å². The summed E-state index contributed by atoms with van der Waals surface area (Å²) >= 11 is 1.60. The van der Waals surface area contributed by atoms with Gasteiger partial charge in [0.1, 0.15) is 5.82 Å². The van der Waals surface area contributed by atoms with Gasteiger partial charge in [-0.2, -0.15) is 10.1 Å². The second-order valence-electron chi connectivity index (χ2n) is 9.62. The van der Waals surface area contributed by atoms with Crippen LogP contribution < -0.4 is 10.6 Å². The Morgan fingerprint density at radius 2 is 1.84 bits per heavy atom. The molecule has 1 aliphatic carbocycles. The molecule has 4 N–H and O–H groups in total. The molecular weight excluding hydrogens is 482 g/mol. The second-order valence-corrected chi connectivity index (χ2v) is 10.6. The van der Waals surface area contributed by atoms with Crippen LogP contribution in [-0.4, -0.2) is 42.4 Å². The maximum Gasteiger partial charge on any atom is 0.225 e. The molecule has 1 fully saturated rings. The van der Waals surface area contributed by atoms with Crippen LogP contribution in [0.3, 0.4) is 0 Å². The number of benzene rings is 2. The summed E-state index contributed by atoms with van der Waals surface area (Å²) in [6, 6.07) is 18.9. The summed E-state index contributed by atoms with van der Waals surface area (Å²) in [5, 5.41) is 24.7. The van der Waals surface area contributed by atoms with Gasteiger partial charge in [0.2, 0.25) is 5.95 Å². The summed E-state index contributed by atoms with van der Waals surface area (Å²) in [6.45, 7) is 2.02. The van der Waals surface area contributed by atoms with E-state index in [9.17, 15) is 5.11 Å². The molecule has 0 radical (unpaired) electrons. The zero-order valence-electron chi connectivity index (χ0n) is 20.6. The lowest BCUT2D eigenvalue weighted by molar-refractivity contribution is 0.126. The number of nitrogens with zero attached hydrogens (tertiary/aromatic N) is 4. The van der Waals surface area contributed by atoms with Gasteiger partial charge in [0.15, 0.2) is 5.13 Å². The lowest BCUT2D eigenvalue weighted by Gasteiger charge is -2.26. The molecule has 3 aromatic heterocycles. The molecule has 5 aromatic rings. The number of hydrogen-bond donors (Lipinski definition) is 4. The third kappa shape index (κ3) is 5.47. The average molecular weight is 512 g/mol. The first kappa shape index (κ1) is 23.6. The molecule has 1 saturated carbocycles. The minimum absolute atomic E-state index is 0.197. The molecule has 0 aliphatic heterocycles. The van der Waals surface area contributed by atoms with Crippen LogP contribution in [0.25, 0.3) is 21.3 Å². The van der Waals surface area contributed by atoms with Crippen molar-refractivity contribution in [1.29, 1.82) is 0 Å². The third-order valence-corrected chi connectivity index (χ3v) is 7.74. The topological polar surface area (TPSA) is 112 Å². The molecule has 0 spiro atoms. The number of aromatic nitrogens is 5. The Morgan fingerprint density at radius 3 is 2.62 bits per heavy atom. The fraction of sp³-hybridized carbons (Fsp3) is 0.286. The summed E-state index contributed by atoms with van der Waals surface area (Å²) in [7, 11) is 0. The Morgan fingerprint density at radius 1 is 1.00 bits per heavy atom. The molecule has 37 heavy (non-hydrogen) atoms. The summed E-state index contributed by atoms with van der Waals surface area (Å²) in [4.78, 5) is 14.4. The minimum atomic E-state index is -0.197. The number of aromatic amines is 1. The van der Waals surface area contributed by atoms with Gasteiger partial charge in [-0.05, 0) is 55.9 Å². The monoisotopic (exact) mass is 511 g/mol. The fourth-order valence-corrected chi connectivity index (χ4v) is 5.73. The van der Waals surface area contributed by atoms with Gasteiger partial charge in [0.25, 0.3) is 0 Å². The van der Waals surface area contributed by atoms with Gasteiger partial charge in [0, 0.05) is 29.8 Å². The van der Waals surface area contributed by atoms with Gasteiger partial charge >= 0.3 is 0 Å². The minimum Gasteiger partial charge on any atom is -0.393 e. The molecule has 0 saturated heterocycles. The second kappa shape index (κ2) is 10.3. The number of hydrogen-bond acceptors (Lipinski definition) is 8. The van der Waals surface area contributed by atoms with E-state index in [-0.39, 0.29) is 12.1 Å². The van der Waals surface area contributed by atoms with Crippen molar-refractivity contribution in [2.45, 2.75) is 51.2 Å². The van der Waals surface area contributed by atoms with Crippen molar-refractivity contribution in [2.24, 2.45) is 0 Å². The molecule has 188 valence electrons. The van der Waals surface area contributed by atoms with Crippen molar-refractivity contribution in [2.75, 3.05) is 10.6 Å². The fourth-order valence-electron chi connectivity index (χ4n) is 4.82. The summed E-state index contributed by atoms with van der Waals surface area (Å²) < 4.78 is 1.10. The van der Waals surface area contributed by atoms with Gasteiger partial charge in [-0.25, -0.2) is 9.97 Å². The maximum atomic E-state index is 9.87. The highest BCUT2D eigenvalue weighted by Crippen LogP contribution is 2.33. The van der Waals surface area contributed by atoms with Crippen LogP contribution in [0.2, 0.25) is 0 Å². The Balaban J connectivity index is 1.28. The van der Waals surface area contributed by atoms with Crippen molar-refractivity contribution in [3.63, 3.8) is 0 Å². The van der Waals surface area contributed by atoms with Crippen LogP contribution in [0.4, 0.5) is 16.9 Å². The van der Waals surface area contributed by atoms with Crippen LogP contribution in [-0.2, 0) is 6.42 Å². The lowest BCUT2D eigenvalue weighted by atomic mass is 9.93. The largest absolute Gasteiger partial charge is 0.393 e. The van der Waals surface area contributed by atoms with E-state index in [1.165, 1.54) is 5.56 Å². The van der Waals surface area contributed by atoms with Crippen molar-refractivity contribution in [3.8, 4) is 11.1 Å². The summed E-state index contributed by atoms with van der Waals surface area (Å²) in [5.74, 6) is 1.32. The van der Waals surface area contributed by atoms with Crippen LogP contribution in [0, 0.1) is 6.92 Å². The normalized spacial score (nSPS) is 17.7. The van der Waals surface area contributed by atoms with E-state index in [0.29, 0.717) is 18.2 Å². The van der Waals surface area contributed by atoms with Crippen molar-refractivity contribution >= 4 is 38.5 Å². The quantitative estimate of drug-likeness (QED) is 0.217. The molecule has 0 unspecified atom stereocenters. The highest BCUT2D eigenvalue weighted by atomic mass is 32.1. The van der Waals surface area contributed by atoms with Crippen LogP contribution in [0.5, 0.6) is 0 Å². The van der Waals surface area contributed by atoms with Crippen molar-refractivity contribution in [3.05, 3.63) is 77.7 Å². The number of fused-ring (bicyclic) bond motifs is 1. The van der Waals surface area contributed by atoms with Gasteiger partial charge in [-0.15, -0.1) is 0 Å². The SMILES string of the molecule is Cc1[nH]ncc1-c1ccc2nc(Nc3cc(Cc4ccccc4)nc(NC4CCC(O)CC4)n3)sc2c1. The average Bonchev–Trinajstić information content (AvgIpc) is 3.50. The molecule has 3 heterocycles. The van der Waals surface area contributed by atoms with E-state index < -0.39 is 0 Å². The number of anilines is 3. The third-order valence-electron chi connectivity index (χ3n) is 6.80. The van der Waals surface area contributed by atoms with Crippen LogP contribution >= 0.6 is 11.3 Å². The maximum absolute atomic E-state index is 9.87. The van der Waals surface area contributed by atoms with Gasteiger partial charge in [0.05, 0.1) is 28.2 Å². The van der Waals surface area contributed by atoms with E-state index in [0.717, 1.165) is 63.5 Å². The number of thiazole rings is 1. The van der Waals surface area contributed by atoms with Crippen LogP contribution in [0.1, 0.15) is 42.6 Å². The first-order valence-electron chi connectivity index (χ1n) is 12.6. The number of aryl methyl sites for hydroxylation is 1. The Bertz CT molecular complexity index is 1510. The van der Waals surface area contributed by atoms with E-state index in [4.69, 9.17) is 15.0 Å². The molecule has 6 rings (SSSR count). The summed E-state index contributed by atoms with van der Waals surface area (Å²) in [5.41, 5.74) is 6.32. The number of rotatable bonds is 7. The Kier molecular flexibility index (Phi) is 6.55. The zero-order chi connectivity index (χ0) is 25.2. The van der Waals surface area contributed by atoms with Crippen molar-refractivity contribution < 1.29 is 5.11 Å². The number of H-pyrrole nitrogens is 1. The molecule has 2 aromatic carbocycles. The van der Waals surface area contributed by atoms with E-state index in [1.807, 2.05) is 43.5 Å². The Labute approximate surface area is 219 Å². The highest BCUT2D eigenvalue weighted by Gasteiger charge is 2.20. The van der Waals surface area contributed by atoms with E-state index in [1.54, 1.807) is 11.3 Å². The molecule has 0 atom stereocenters. The molecular formula is C28H29N7OS. The first-order chi connectivity index (χ1) is 18.1.